The second kappa shape index (κ2) is 7.34. The zero-order valence-electron chi connectivity index (χ0n) is 14.7. The number of rotatable bonds is 4. The average Bonchev–Trinajstić information content (AvgIpc) is 2.98. The van der Waals surface area contributed by atoms with Crippen molar-refractivity contribution in [3.63, 3.8) is 0 Å². The molecule has 2 unspecified atom stereocenters. The molecule has 6 heteroatoms. The Kier molecular flexibility index (Phi) is 5.35. The lowest BCUT2D eigenvalue weighted by molar-refractivity contribution is -0.129. The smallest absolute Gasteiger partial charge is 0.416 e. The predicted molar refractivity (Wildman–Crippen MR) is 94.6 cm³/mol. The number of carbonyl (C=O) groups is 2. The van der Waals surface area contributed by atoms with Crippen molar-refractivity contribution >= 4 is 23.6 Å². The van der Waals surface area contributed by atoms with Gasteiger partial charge in [0.2, 0.25) is 5.91 Å². The van der Waals surface area contributed by atoms with Crippen molar-refractivity contribution in [2.45, 2.75) is 44.6 Å². The largest absolute Gasteiger partial charge is 0.447 e. The highest BCUT2D eigenvalue weighted by Crippen LogP contribution is 2.40. The van der Waals surface area contributed by atoms with Crippen molar-refractivity contribution in [1.82, 2.24) is 4.90 Å². The Morgan fingerprint density at radius 3 is 2.64 bits per heavy atom. The van der Waals surface area contributed by atoms with Crippen LogP contribution in [0.2, 0.25) is 5.02 Å². The topological polar surface area (TPSA) is 55.8 Å². The third-order valence-electron chi connectivity index (χ3n) is 5.06. The van der Waals surface area contributed by atoms with Crippen LogP contribution in [0.1, 0.15) is 44.6 Å². The molecule has 0 aliphatic carbocycles. The van der Waals surface area contributed by atoms with Gasteiger partial charge in [0, 0.05) is 18.1 Å². The number of halogens is 1. The van der Waals surface area contributed by atoms with E-state index in [-0.39, 0.29) is 30.5 Å². The minimum Gasteiger partial charge on any atom is -0.447 e. The van der Waals surface area contributed by atoms with Gasteiger partial charge in [-0.3, -0.25) is 4.79 Å². The molecule has 2 aliphatic heterocycles. The second-order valence-corrected chi connectivity index (χ2v) is 7.82. The minimum absolute atomic E-state index is 0.0290. The van der Waals surface area contributed by atoms with Crippen LogP contribution in [0.25, 0.3) is 0 Å². The summed E-state index contributed by atoms with van der Waals surface area (Å²) >= 11 is 6.02. The van der Waals surface area contributed by atoms with E-state index < -0.39 is 6.09 Å². The quantitative estimate of drug-likeness (QED) is 0.809. The minimum atomic E-state index is -0.535. The Balaban J connectivity index is 1.82. The predicted octanol–water partition coefficient (Wildman–Crippen LogP) is 4.00. The third-order valence-corrected chi connectivity index (χ3v) is 5.31. The van der Waals surface area contributed by atoms with E-state index in [2.05, 4.69) is 13.8 Å². The first-order valence-corrected chi connectivity index (χ1v) is 9.10. The molecule has 2 aliphatic rings. The second-order valence-electron chi connectivity index (χ2n) is 7.38. The molecule has 0 radical (unpaired) electrons. The van der Waals surface area contributed by atoms with E-state index in [1.54, 1.807) is 0 Å². The Morgan fingerprint density at radius 1 is 1.32 bits per heavy atom. The number of imide groups is 1. The van der Waals surface area contributed by atoms with Crippen molar-refractivity contribution in [3.8, 4) is 0 Å². The van der Waals surface area contributed by atoms with Gasteiger partial charge in [0.25, 0.3) is 0 Å². The highest BCUT2D eigenvalue weighted by molar-refractivity contribution is 6.30. The molecule has 3 rings (SSSR count). The SMILES string of the molecule is CC1(C)CC(C(CC(=O)N2CCOC2=O)c2ccc(Cl)cc2)CCO1. The van der Waals surface area contributed by atoms with Gasteiger partial charge in [-0.2, -0.15) is 0 Å². The summed E-state index contributed by atoms with van der Waals surface area (Å²) in [5.74, 6) is 0.167. The van der Waals surface area contributed by atoms with Gasteiger partial charge in [0.05, 0.1) is 12.1 Å². The Labute approximate surface area is 153 Å². The van der Waals surface area contributed by atoms with Crippen LogP contribution in [-0.4, -0.2) is 42.3 Å². The van der Waals surface area contributed by atoms with Crippen LogP contribution >= 0.6 is 11.6 Å². The average molecular weight is 366 g/mol. The summed E-state index contributed by atoms with van der Waals surface area (Å²) in [6.45, 7) is 5.46. The number of benzene rings is 1. The zero-order chi connectivity index (χ0) is 18.0. The molecule has 5 nitrogen and oxygen atoms in total. The van der Waals surface area contributed by atoms with Gasteiger partial charge < -0.3 is 9.47 Å². The molecule has 0 N–H and O–H groups in total. The van der Waals surface area contributed by atoms with Crippen molar-refractivity contribution in [1.29, 1.82) is 0 Å². The van der Waals surface area contributed by atoms with Gasteiger partial charge in [-0.1, -0.05) is 23.7 Å². The van der Waals surface area contributed by atoms with Crippen molar-refractivity contribution in [2.75, 3.05) is 19.8 Å². The fraction of sp³-hybridized carbons (Fsp3) is 0.579. The molecule has 2 heterocycles. The number of cyclic esters (lactones) is 1. The van der Waals surface area contributed by atoms with Crippen LogP contribution in [0.15, 0.2) is 24.3 Å². The summed E-state index contributed by atoms with van der Waals surface area (Å²) in [6, 6.07) is 7.65. The number of carbonyl (C=O) groups excluding carboxylic acids is 2. The monoisotopic (exact) mass is 365 g/mol. The number of hydrogen-bond donors (Lipinski definition) is 0. The van der Waals surface area contributed by atoms with Crippen molar-refractivity contribution in [2.24, 2.45) is 5.92 Å². The normalized spacial score (nSPS) is 24.0. The third kappa shape index (κ3) is 4.33. The molecule has 2 atom stereocenters. The van der Waals surface area contributed by atoms with Gasteiger partial charge in [0.1, 0.15) is 6.61 Å². The Bertz CT molecular complexity index is 643. The number of hydrogen-bond acceptors (Lipinski definition) is 4. The van der Waals surface area contributed by atoms with E-state index in [0.717, 1.165) is 18.4 Å². The fourth-order valence-corrected chi connectivity index (χ4v) is 3.93. The van der Waals surface area contributed by atoms with E-state index in [0.29, 0.717) is 24.1 Å². The lowest BCUT2D eigenvalue weighted by Crippen LogP contribution is -2.38. The van der Waals surface area contributed by atoms with Gasteiger partial charge in [-0.15, -0.1) is 0 Å². The van der Waals surface area contributed by atoms with Gasteiger partial charge >= 0.3 is 6.09 Å². The maximum atomic E-state index is 12.7. The summed E-state index contributed by atoms with van der Waals surface area (Å²) in [5.41, 5.74) is 0.872. The molecule has 2 saturated heterocycles. The molecule has 0 spiro atoms. The van der Waals surface area contributed by atoms with Gasteiger partial charge in [0.15, 0.2) is 0 Å². The van der Waals surface area contributed by atoms with Crippen LogP contribution < -0.4 is 0 Å². The summed E-state index contributed by atoms with van der Waals surface area (Å²) < 4.78 is 10.7. The molecule has 0 aromatic heterocycles. The molecule has 25 heavy (non-hydrogen) atoms. The summed E-state index contributed by atoms with van der Waals surface area (Å²) in [4.78, 5) is 25.6. The number of nitrogens with zero attached hydrogens (tertiary/aromatic N) is 1. The van der Waals surface area contributed by atoms with Crippen LogP contribution in [-0.2, 0) is 14.3 Å². The highest BCUT2D eigenvalue weighted by atomic mass is 35.5. The standard InChI is InChI=1S/C19H24ClNO4/c1-19(2)12-14(7-9-25-19)16(13-3-5-15(20)6-4-13)11-17(22)21-8-10-24-18(21)23/h3-6,14,16H,7-12H2,1-2H3. The van der Waals surface area contributed by atoms with E-state index in [4.69, 9.17) is 21.1 Å². The molecule has 0 saturated carbocycles. The highest BCUT2D eigenvalue weighted by Gasteiger charge is 2.37. The Hall–Kier alpha value is -1.59. The van der Waals surface area contributed by atoms with E-state index in [1.165, 1.54) is 4.90 Å². The molecule has 1 aromatic carbocycles. The fourth-order valence-electron chi connectivity index (χ4n) is 3.81. The van der Waals surface area contributed by atoms with Crippen molar-refractivity contribution < 1.29 is 19.1 Å². The lowest BCUT2D eigenvalue weighted by atomic mass is 9.75. The van der Waals surface area contributed by atoms with E-state index in [9.17, 15) is 9.59 Å². The van der Waals surface area contributed by atoms with Crippen LogP contribution in [0.4, 0.5) is 4.79 Å². The first kappa shape index (κ1) is 18.2. The van der Waals surface area contributed by atoms with Crippen LogP contribution in [0, 0.1) is 5.92 Å². The zero-order valence-corrected chi connectivity index (χ0v) is 15.4. The van der Waals surface area contributed by atoms with Crippen LogP contribution in [0.3, 0.4) is 0 Å². The Morgan fingerprint density at radius 2 is 2.04 bits per heavy atom. The lowest BCUT2D eigenvalue weighted by Gasteiger charge is -2.39. The van der Waals surface area contributed by atoms with Gasteiger partial charge in [-0.25, -0.2) is 9.69 Å². The van der Waals surface area contributed by atoms with Crippen LogP contribution in [0.5, 0.6) is 0 Å². The number of amides is 2. The summed E-state index contributed by atoms with van der Waals surface area (Å²) in [7, 11) is 0. The molecular formula is C19H24ClNO4. The summed E-state index contributed by atoms with van der Waals surface area (Å²) in [6.07, 6.45) is 1.52. The van der Waals surface area contributed by atoms with Crippen molar-refractivity contribution in [3.05, 3.63) is 34.9 Å². The maximum absolute atomic E-state index is 12.7. The molecule has 136 valence electrons. The molecular weight excluding hydrogens is 342 g/mol. The van der Waals surface area contributed by atoms with Gasteiger partial charge in [-0.05, 0) is 56.2 Å². The van der Waals surface area contributed by atoms with E-state index in [1.807, 2.05) is 24.3 Å². The number of ether oxygens (including phenoxy) is 2. The first-order valence-electron chi connectivity index (χ1n) is 8.72. The molecule has 2 amide bonds. The maximum Gasteiger partial charge on any atom is 0.416 e. The summed E-state index contributed by atoms with van der Waals surface area (Å²) in [5, 5.41) is 0.671. The molecule has 2 fully saturated rings. The molecule has 1 aromatic rings. The first-order chi connectivity index (χ1) is 11.9. The molecule has 0 bridgehead atoms. The van der Waals surface area contributed by atoms with E-state index >= 15 is 0 Å².